The fourth-order valence-corrected chi connectivity index (χ4v) is 4.13. The number of rotatable bonds is 3. The molecule has 6 heteroatoms. The normalized spacial score (nSPS) is 14.1. The van der Waals surface area contributed by atoms with Crippen LogP contribution in [0.15, 0.2) is 52.8 Å². The fourth-order valence-electron chi connectivity index (χ4n) is 3.08. The Morgan fingerprint density at radius 2 is 1.96 bits per heavy atom. The highest BCUT2D eigenvalue weighted by Crippen LogP contribution is 2.33. The molecule has 27 heavy (non-hydrogen) atoms. The Morgan fingerprint density at radius 1 is 1.19 bits per heavy atom. The van der Waals surface area contributed by atoms with Crippen molar-refractivity contribution in [2.45, 2.75) is 26.8 Å². The first-order valence-corrected chi connectivity index (χ1v) is 9.78. The maximum absolute atomic E-state index is 11.6. The average Bonchev–Trinajstić information content (AvgIpc) is 3.07. The number of carbonyl (C=O) groups excluding carboxylic acids is 1. The fraction of sp³-hybridized carbons (Fsp3) is 0.238. The van der Waals surface area contributed by atoms with Gasteiger partial charge in [0.2, 0.25) is 0 Å². The third-order valence-electron chi connectivity index (χ3n) is 4.42. The van der Waals surface area contributed by atoms with Crippen LogP contribution < -0.4 is 14.9 Å². The molecule has 0 saturated heterocycles. The summed E-state index contributed by atoms with van der Waals surface area (Å²) >= 11 is 1.61. The van der Waals surface area contributed by atoms with Crippen LogP contribution in [-0.2, 0) is 4.79 Å². The lowest BCUT2D eigenvalue weighted by atomic mass is 10.1. The molecule has 0 fully saturated rings. The number of hydrogen-bond acceptors (Lipinski definition) is 4. The van der Waals surface area contributed by atoms with E-state index in [0.717, 1.165) is 21.7 Å². The topological polar surface area (TPSA) is 55.6 Å². The van der Waals surface area contributed by atoms with Crippen molar-refractivity contribution in [1.82, 2.24) is 4.57 Å². The minimum atomic E-state index is -0.128. The third kappa shape index (κ3) is 3.53. The highest BCUT2D eigenvalue weighted by atomic mass is 32.1. The Kier molecular flexibility index (Phi) is 4.58. The van der Waals surface area contributed by atoms with Crippen molar-refractivity contribution in [1.29, 1.82) is 0 Å². The van der Waals surface area contributed by atoms with E-state index < -0.39 is 0 Å². The summed E-state index contributed by atoms with van der Waals surface area (Å²) in [5.74, 6) is 0.575. The smallest absolute Gasteiger partial charge is 0.262 e. The molecule has 138 valence electrons. The number of carbonyl (C=O) groups is 1. The highest BCUT2D eigenvalue weighted by molar-refractivity contribution is 7.07. The third-order valence-corrected chi connectivity index (χ3v) is 5.26. The van der Waals surface area contributed by atoms with Gasteiger partial charge in [0.25, 0.3) is 5.91 Å². The minimum Gasteiger partial charge on any atom is -0.482 e. The van der Waals surface area contributed by atoms with Crippen molar-refractivity contribution in [3.05, 3.63) is 58.2 Å². The Hall–Kier alpha value is -2.86. The lowest BCUT2D eigenvalue weighted by Gasteiger charge is -2.19. The predicted molar refractivity (Wildman–Crippen MR) is 109 cm³/mol. The summed E-state index contributed by atoms with van der Waals surface area (Å²) in [5, 5.41) is 4.99. The number of ether oxygens (including phenoxy) is 1. The number of amides is 1. The molecule has 0 radical (unpaired) electrons. The maximum atomic E-state index is 11.6. The molecule has 0 atom stereocenters. The van der Waals surface area contributed by atoms with Gasteiger partial charge in [-0.05, 0) is 51.1 Å². The Morgan fingerprint density at radius 3 is 2.70 bits per heavy atom. The van der Waals surface area contributed by atoms with E-state index >= 15 is 0 Å². The molecule has 0 saturated carbocycles. The zero-order valence-corrected chi connectivity index (χ0v) is 16.3. The molecule has 1 N–H and O–H groups in total. The molecule has 1 aliphatic rings. The molecule has 4 rings (SSSR count). The zero-order chi connectivity index (χ0) is 19.0. The number of aryl methyl sites for hydroxylation is 1. The number of fused-ring (bicyclic) bond motifs is 1. The van der Waals surface area contributed by atoms with E-state index in [-0.39, 0.29) is 18.6 Å². The molecule has 1 aliphatic heterocycles. The van der Waals surface area contributed by atoms with Crippen LogP contribution in [0, 0.1) is 6.92 Å². The number of thiazole rings is 1. The quantitative estimate of drug-likeness (QED) is 0.719. The monoisotopic (exact) mass is 379 g/mol. The summed E-state index contributed by atoms with van der Waals surface area (Å²) in [6.07, 6.45) is 0. The second kappa shape index (κ2) is 7.04. The van der Waals surface area contributed by atoms with Gasteiger partial charge in [0.1, 0.15) is 5.75 Å². The summed E-state index contributed by atoms with van der Waals surface area (Å²) in [5.41, 5.74) is 4.96. The average molecular weight is 379 g/mol. The van der Waals surface area contributed by atoms with E-state index in [9.17, 15) is 4.79 Å². The van der Waals surface area contributed by atoms with E-state index in [1.54, 1.807) is 11.3 Å². The van der Waals surface area contributed by atoms with E-state index in [0.29, 0.717) is 11.4 Å². The maximum Gasteiger partial charge on any atom is 0.262 e. The summed E-state index contributed by atoms with van der Waals surface area (Å²) in [6, 6.07) is 14.3. The summed E-state index contributed by atoms with van der Waals surface area (Å²) in [7, 11) is 0. The number of nitrogens with one attached hydrogen (secondary N) is 1. The molecule has 0 unspecified atom stereocenters. The van der Waals surface area contributed by atoms with Crippen LogP contribution in [0.2, 0.25) is 0 Å². The standard InChI is InChI=1S/C21H21N3O2S/c1-13(2)24-18(12-27-21(24)22-16-7-4-14(3)5-8-16)15-6-9-19-17(10-15)23-20(25)11-26-19/h4-10,12-13H,11H2,1-3H3,(H,23,25). The Balaban J connectivity index is 1.80. The van der Waals surface area contributed by atoms with Gasteiger partial charge < -0.3 is 14.6 Å². The molecule has 1 amide bonds. The van der Waals surface area contributed by atoms with Crippen LogP contribution in [0.3, 0.4) is 0 Å². The van der Waals surface area contributed by atoms with E-state index in [4.69, 9.17) is 9.73 Å². The lowest BCUT2D eigenvalue weighted by molar-refractivity contribution is -0.118. The molecule has 0 spiro atoms. The zero-order valence-electron chi connectivity index (χ0n) is 15.5. The van der Waals surface area contributed by atoms with Crippen LogP contribution in [0.5, 0.6) is 5.75 Å². The second-order valence-electron chi connectivity index (χ2n) is 6.86. The van der Waals surface area contributed by atoms with E-state index in [1.807, 2.05) is 30.3 Å². The van der Waals surface area contributed by atoms with Crippen LogP contribution in [0.4, 0.5) is 11.4 Å². The van der Waals surface area contributed by atoms with Crippen LogP contribution >= 0.6 is 11.3 Å². The van der Waals surface area contributed by atoms with Gasteiger partial charge in [0.15, 0.2) is 11.4 Å². The lowest BCUT2D eigenvalue weighted by Crippen LogP contribution is -2.25. The Labute approximate surface area is 162 Å². The van der Waals surface area contributed by atoms with Gasteiger partial charge in [-0.2, -0.15) is 0 Å². The number of anilines is 1. The summed E-state index contributed by atoms with van der Waals surface area (Å²) in [6.45, 7) is 6.43. The van der Waals surface area contributed by atoms with Gasteiger partial charge in [-0.25, -0.2) is 4.99 Å². The van der Waals surface area contributed by atoms with Gasteiger partial charge in [-0.15, -0.1) is 11.3 Å². The van der Waals surface area contributed by atoms with Gasteiger partial charge in [0.05, 0.1) is 17.1 Å². The molecular formula is C21H21N3O2S. The van der Waals surface area contributed by atoms with Crippen LogP contribution in [0.25, 0.3) is 11.3 Å². The van der Waals surface area contributed by atoms with Crippen molar-refractivity contribution in [3.63, 3.8) is 0 Å². The number of nitrogens with zero attached hydrogens (tertiary/aromatic N) is 2. The second-order valence-corrected chi connectivity index (χ2v) is 7.70. The largest absolute Gasteiger partial charge is 0.482 e. The van der Waals surface area contributed by atoms with Crippen LogP contribution in [0.1, 0.15) is 25.5 Å². The first kappa shape index (κ1) is 17.5. The summed E-state index contributed by atoms with van der Waals surface area (Å²) in [4.78, 5) is 17.4. The first-order chi connectivity index (χ1) is 13.0. The van der Waals surface area contributed by atoms with Gasteiger partial charge in [0, 0.05) is 17.0 Å². The van der Waals surface area contributed by atoms with Crippen molar-refractivity contribution in [2.24, 2.45) is 4.99 Å². The van der Waals surface area contributed by atoms with Gasteiger partial charge in [-0.1, -0.05) is 17.7 Å². The Bertz CT molecular complexity index is 1060. The molecular weight excluding hydrogens is 358 g/mol. The summed E-state index contributed by atoms with van der Waals surface area (Å²) < 4.78 is 7.68. The van der Waals surface area contributed by atoms with Crippen molar-refractivity contribution in [2.75, 3.05) is 11.9 Å². The predicted octanol–water partition coefficient (Wildman–Crippen LogP) is 4.67. The van der Waals surface area contributed by atoms with E-state index in [1.165, 1.54) is 5.56 Å². The van der Waals surface area contributed by atoms with Gasteiger partial charge >= 0.3 is 0 Å². The molecule has 1 aromatic heterocycles. The molecule has 0 bridgehead atoms. The number of benzene rings is 2. The molecule has 5 nitrogen and oxygen atoms in total. The van der Waals surface area contributed by atoms with Crippen molar-refractivity contribution >= 4 is 28.6 Å². The molecule has 2 heterocycles. The SMILES string of the molecule is Cc1ccc(N=c2scc(-c3ccc4c(c3)NC(=O)CO4)n2C(C)C)cc1. The first-order valence-electron chi connectivity index (χ1n) is 8.90. The van der Waals surface area contributed by atoms with Crippen LogP contribution in [-0.4, -0.2) is 17.1 Å². The van der Waals surface area contributed by atoms with Crippen molar-refractivity contribution < 1.29 is 9.53 Å². The highest BCUT2D eigenvalue weighted by Gasteiger charge is 2.18. The molecule has 2 aromatic carbocycles. The van der Waals surface area contributed by atoms with Crippen molar-refractivity contribution in [3.8, 4) is 17.0 Å². The number of aromatic nitrogens is 1. The number of hydrogen-bond donors (Lipinski definition) is 1. The van der Waals surface area contributed by atoms with Gasteiger partial charge in [-0.3, -0.25) is 4.79 Å². The molecule has 3 aromatic rings. The molecule has 0 aliphatic carbocycles. The minimum absolute atomic E-state index is 0.0658. The van der Waals surface area contributed by atoms with E-state index in [2.05, 4.69) is 48.2 Å².